The van der Waals surface area contributed by atoms with E-state index in [-0.39, 0.29) is 0 Å². The van der Waals surface area contributed by atoms with Gasteiger partial charge in [0.25, 0.3) is 0 Å². The van der Waals surface area contributed by atoms with Gasteiger partial charge in [-0.05, 0) is 54.6 Å². The van der Waals surface area contributed by atoms with Gasteiger partial charge in [-0.3, -0.25) is 9.58 Å². The van der Waals surface area contributed by atoms with Crippen LogP contribution in [-0.4, -0.2) is 27.8 Å². The van der Waals surface area contributed by atoms with Gasteiger partial charge in [0.2, 0.25) is 0 Å². The van der Waals surface area contributed by atoms with Crippen LogP contribution in [0.15, 0.2) is 4.47 Å². The molecule has 4 heteroatoms. The Kier molecular flexibility index (Phi) is 4.49. The molecule has 102 valence electrons. The predicted molar refractivity (Wildman–Crippen MR) is 78.6 cm³/mol. The van der Waals surface area contributed by atoms with Crippen LogP contribution in [0.4, 0.5) is 0 Å². The van der Waals surface area contributed by atoms with Crippen molar-refractivity contribution in [3.63, 3.8) is 0 Å². The van der Waals surface area contributed by atoms with Gasteiger partial charge in [-0.25, -0.2) is 0 Å². The van der Waals surface area contributed by atoms with Gasteiger partial charge in [0.15, 0.2) is 0 Å². The van der Waals surface area contributed by atoms with Crippen LogP contribution in [-0.2, 0) is 13.1 Å². The first kappa shape index (κ1) is 14.1. The number of piperidine rings is 1. The fourth-order valence-corrected chi connectivity index (χ4v) is 3.13. The van der Waals surface area contributed by atoms with E-state index in [0.29, 0.717) is 0 Å². The smallest absolute Gasteiger partial charge is 0.0739 e. The van der Waals surface area contributed by atoms with Crippen molar-refractivity contribution >= 4 is 15.9 Å². The molecule has 1 aromatic rings. The van der Waals surface area contributed by atoms with E-state index in [2.05, 4.69) is 58.3 Å². The summed E-state index contributed by atoms with van der Waals surface area (Å²) in [5.41, 5.74) is 2.43. The molecule has 0 saturated carbocycles. The largest absolute Gasteiger partial charge is 0.297 e. The number of aryl methyl sites for hydroxylation is 2. The SMILES string of the molecule is CCn1nc(C)c(Br)c1CN1CCC(C)C(C)C1. The molecule has 1 aromatic heterocycles. The highest BCUT2D eigenvalue weighted by Gasteiger charge is 2.24. The van der Waals surface area contributed by atoms with Gasteiger partial charge in [0.1, 0.15) is 0 Å². The van der Waals surface area contributed by atoms with Crippen LogP contribution in [0.25, 0.3) is 0 Å². The monoisotopic (exact) mass is 313 g/mol. The summed E-state index contributed by atoms with van der Waals surface area (Å²) in [6.45, 7) is 13.4. The molecule has 1 fully saturated rings. The molecule has 3 nitrogen and oxygen atoms in total. The van der Waals surface area contributed by atoms with E-state index in [0.717, 1.165) is 30.6 Å². The standard InChI is InChI=1S/C14H24BrN3/c1-5-18-13(14(15)12(4)16-18)9-17-7-6-10(2)11(3)8-17/h10-11H,5-9H2,1-4H3. The minimum Gasteiger partial charge on any atom is -0.297 e. The molecule has 0 bridgehead atoms. The average molecular weight is 314 g/mol. The highest BCUT2D eigenvalue weighted by atomic mass is 79.9. The highest BCUT2D eigenvalue weighted by Crippen LogP contribution is 2.27. The van der Waals surface area contributed by atoms with Crippen molar-refractivity contribution in [3.8, 4) is 0 Å². The van der Waals surface area contributed by atoms with E-state index in [1.165, 1.54) is 29.7 Å². The second kappa shape index (κ2) is 5.74. The molecular formula is C14H24BrN3. The van der Waals surface area contributed by atoms with Gasteiger partial charge in [-0.2, -0.15) is 5.10 Å². The van der Waals surface area contributed by atoms with Gasteiger partial charge in [0, 0.05) is 19.6 Å². The summed E-state index contributed by atoms with van der Waals surface area (Å²) in [6.07, 6.45) is 1.32. The van der Waals surface area contributed by atoms with Crippen LogP contribution in [0, 0.1) is 18.8 Å². The first-order chi connectivity index (χ1) is 8.52. The zero-order chi connectivity index (χ0) is 13.3. The predicted octanol–water partition coefficient (Wildman–Crippen LogP) is 3.45. The number of likely N-dealkylation sites (tertiary alicyclic amines) is 1. The maximum absolute atomic E-state index is 4.57. The fourth-order valence-electron chi connectivity index (χ4n) is 2.72. The number of hydrogen-bond acceptors (Lipinski definition) is 2. The lowest BCUT2D eigenvalue weighted by atomic mass is 9.89. The minimum absolute atomic E-state index is 0.802. The lowest BCUT2D eigenvalue weighted by Gasteiger charge is -2.35. The van der Waals surface area contributed by atoms with Gasteiger partial charge < -0.3 is 0 Å². The fraction of sp³-hybridized carbons (Fsp3) is 0.786. The van der Waals surface area contributed by atoms with Crippen LogP contribution in [0.1, 0.15) is 38.6 Å². The van der Waals surface area contributed by atoms with Crippen LogP contribution < -0.4 is 0 Å². The van der Waals surface area contributed by atoms with E-state index in [9.17, 15) is 0 Å². The van der Waals surface area contributed by atoms with Crippen LogP contribution in [0.3, 0.4) is 0 Å². The number of hydrogen-bond donors (Lipinski definition) is 0. The summed E-state index contributed by atoms with van der Waals surface area (Å²) in [5, 5.41) is 4.57. The molecule has 1 aliphatic rings. The maximum atomic E-state index is 4.57. The second-order valence-corrected chi connectivity index (χ2v) is 6.43. The molecular weight excluding hydrogens is 290 g/mol. The topological polar surface area (TPSA) is 21.1 Å². The highest BCUT2D eigenvalue weighted by molar-refractivity contribution is 9.10. The number of nitrogens with zero attached hydrogens (tertiary/aromatic N) is 3. The molecule has 1 aliphatic heterocycles. The molecule has 1 saturated heterocycles. The molecule has 0 spiro atoms. The van der Waals surface area contributed by atoms with E-state index >= 15 is 0 Å². The van der Waals surface area contributed by atoms with Crippen molar-refractivity contribution in [2.75, 3.05) is 13.1 Å². The van der Waals surface area contributed by atoms with E-state index in [1.807, 2.05) is 0 Å². The number of halogens is 1. The third kappa shape index (κ3) is 2.80. The number of aromatic nitrogens is 2. The Balaban J connectivity index is 2.10. The normalized spacial score (nSPS) is 25.6. The Morgan fingerprint density at radius 1 is 1.33 bits per heavy atom. The van der Waals surface area contributed by atoms with Gasteiger partial charge in [-0.1, -0.05) is 13.8 Å². The van der Waals surface area contributed by atoms with Crippen molar-refractivity contribution in [3.05, 3.63) is 15.9 Å². The molecule has 2 unspecified atom stereocenters. The Morgan fingerprint density at radius 3 is 2.67 bits per heavy atom. The van der Waals surface area contributed by atoms with E-state index in [4.69, 9.17) is 0 Å². The Bertz CT molecular complexity index is 413. The Hall–Kier alpha value is -0.350. The molecule has 2 rings (SSSR count). The van der Waals surface area contributed by atoms with Crippen molar-refractivity contribution < 1.29 is 0 Å². The lowest BCUT2D eigenvalue weighted by molar-refractivity contribution is 0.129. The molecule has 2 atom stereocenters. The first-order valence-corrected chi connectivity index (χ1v) is 7.76. The van der Waals surface area contributed by atoms with Crippen molar-refractivity contribution in [2.45, 2.75) is 47.2 Å². The minimum atomic E-state index is 0.802. The Morgan fingerprint density at radius 2 is 2.06 bits per heavy atom. The van der Waals surface area contributed by atoms with Crippen molar-refractivity contribution in [1.29, 1.82) is 0 Å². The van der Waals surface area contributed by atoms with Crippen LogP contribution in [0.2, 0.25) is 0 Å². The maximum Gasteiger partial charge on any atom is 0.0739 e. The molecule has 0 aromatic carbocycles. The molecule has 2 heterocycles. The quantitative estimate of drug-likeness (QED) is 0.852. The van der Waals surface area contributed by atoms with Crippen LogP contribution in [0.5, 0.6) is 0 Å². The first-order valence-electron chi connectivity index (χ1n) is 6.97. The lowest BCUT2D eigenvalue weighted by Crippen LogP contribution is -2.38. The zero-order valence-electron chi connectivity index (χ0n) is 11.9. The summed E-state index contributed by atoms with van der Waals surface area (Å²) in [6, 6.07) is 0. The summed E-state index contributed by atoms with van der Waals surface area (Å²) >= 11 is 3.69. The third-order valence-electron chi connectivity index (χ3n) is 4.24. The molecule has 0 radical (unpaired) electrons. The summed E-state index contributed by atoms with van der Waals surface area (Å²) in [7, 11) is 0. The van der Waals surface area contributed by atoms with Gasteiger partial charge >= 0.3 is 0 Å². The third-order valence-corrected chi connectivity index (χ3v) is 5.28. The van der Waals surface area contributed by atoms with Gasteiger partial charge in [0.05, 0.1) is 15.9 Å². The van der Waals surface area contributed by atoms with Crippen LogP contribution >= 0.6 is 15.9 Å². The van der Waals surface area contributed by atoms with Gasteiger partial charge in [-0.15, -0.1) is 0 Å². The second-order valence-electron chi connectivity index (χ2n) is 5.64. The summed E-state index contributed by atoms with van der Waals surface area (Å²) < 4.78 is 3.32. The molecule has 0 N–H and O–H groups in total. The Labute approximate surface area is 119 Å². The molecule has 18 heavy (non-hydrogen) atoms. The van der Waals surface area contributed by atoms with Crippen molar-refractivity contribution in [2.24, 2.45) is 11.8 Å². The molecule has 0 amide bonds. The van der Waals surface area contributed by atoms with E-state index in [1.54, 1.807) is 0 Å². The average Bonchev–Trinajstić information content (AvgIpc) is 2.61. The van der Waals surface area contributed by atoms with E-state index < -0.39 is 0 Å². The zero-order valence-corrected chi connectivity index (χ0v) is 13.5. The van der Waals surface area contributed by atoms with Crippen molar-refractivity contribution in [1.82, 2.24) is 14.7 Å². The summed E-state index contributed by atoms with van der Waals surface area (Å²) in [5.74, 6) is 1.67. The summed E-state index contributed by atoms with van der Waals surface area (Å²) in [4.78, 5) is 2.57. The molecule has 0 aliphatic carbocycles. The number of rotatable bonds is 3.